The van der Waals surface area contributed by atoms with Gasteiger partial charge in [-0.25, -0.2) is 9.48 Å². The van der Waals surface area contributed by atoms with Gasteiger partial charge in [-0.1, -0.05) is 22.9 Å². The van der Waals surface area contributed by atoms with E-state index >= 15 is 0 Å². The van der Waals surface area contributed by atoms with Gasteiger partial charge in [-0.2, -0.15) is 5.10 Å². The number of carbonyl (C=O) groups is 1. The average molecular weight is 546 g/mol. The van der Waals surface area contributed by atoms with Crippen molar-refractivity contribution in [3.8, 4) is 17.1 Å². The minimum atomic E-state index is -0.432. The predicted molar refractivity (Wildman–Crippen MR) is 136 cm³/mol. The number of esters is 1. The lowest BCUT2D eigenvalue weighted by molar-refractivity contribution is -0.384. The number of nitro groups is 1. The summed E-state index contributed by atoms with van der Waals surface area (Å²) in [5.41, 5.74) is 2.91. The molecule has 0 bridgehead atoms. The van der Waals surface area contributed by atoms with Gasteiger partial charge in [0.1, 0.15) is 5.69 Å². The Kier molecular flexibility index (Phi) is 8.80. The lowest BCUT2D eigenvalue weighted by Gasteiger charge is -2.15. The minimum Gasteiger partial charge on any atom is -0.477 e. The quantitative estimate of drug-likeness (QED) is 0.152. The molecule has 0 aliphatic rings. The molecular weight excluding hydrogens is 518 g/mol. The number of methoxy groups -OCH3 is 1. The molecule has 10 nitrogen and oxygen atoms in total. The number of hydrogen-bond acceptors (Lipinski definition) is 8. The first kappa shape index (κ1) is 26.1. The summed E-state index contributed by atoms with van der Waals surface area (Å²) >= 11 is 3.36. The molecule has 0 saturated heterocycles. The monoisotopic (exact) mass is 545 g/mol. The van der Waals surface area contributed by atoms with Gasteiger partial charge >= 0.3 is 5.97 Å². The van der Waals surface area contributed by atoms with Gasteiger partial charge < -0.3 is 14.8 Å². The molecule has 1 N–H and O–H groups in total. The molecule has 1 aromatic carbocycles. The molecule has 11 heteroatoms. The van der Waals surface area contributed by atoms with Crippen LogP contribution < -0.4 is 10.1 Å². The molecule has 0 unspecified atom stereocenters. The molecule has 2 aromatic heterocycles. The van der Waals surface area contributed by atoms with E-state index in [-0.39, 0.29) is 11.6 Å². The highest BCUT2D eigenvalue weighted by Crippen LogP contribution is 2.30. The van der Waals surface area contributed by atoms with E-state index in [1.165, 1.54) is 13.2 Å². The summed E-state index contributed by atoms with van der Waals surface area (Å²) in [7, 11) is 3.13. The van der Waals surface area contributed by atoms with Crippen molar-refractivity contribution in [2.75, 3.05) is 25.6 Å². The van der Waals surface area contributed by atoms with Crippen LogP contribution in [0.25, 0.3) is 11.3 Å². The zero-order valence-corrected chi connectivity index (χ0v) is 21.7. The third-order valence-corrected chi connectivity index (χ3v) is 5.90. The molecular formula is C24H28BrN5O5. The van der Waals surface area contributed by atoms with Crippen molar-refractivity contribution in [1.82, 2.24) is 14.8 Å². The smallest absolute Gasteiger partial charge is 0.337 e. The highest BCUT2D eigenvalue weighted by atomic mass is 79.9. The summed E-state index contributed by atoms with van der Waals surface area (Å²) in [4.78, 5) is 27.4. The van der Waals surface area contributed by atoms with Crippen LogP contribution in [0.1, 0.15) is 35.8 Å². The third kappa shape index (κ3) is 6.78. The molecule has 35 heavy (non-hydrogen) atoms. The molecule has 0 amide bonds. The van der Waals surface area contributed by atoms with Crippen LogP contribution in [-0.2, 0) is 11.8 Å². The second-order valence-electron chi connectivity index (χ2n) is 8.26. The molecule has 0 aliphatic carbocycles. The van der Waals surface area contributed by atoms with E-state index in [1.54, 1.807) is 42.2 Å². The van der Waals surface area contributed by atoms with Gasteiger partial charge in [-0.15, -0.1) is 0 Å². The standard InChI is InChI=1S/C24H28BrN5O5/c1-15(13-26-21-12-18(25)7-8-22(21)30(32)33)6-5-9-35-23-19(14-27-29(23)3)20-11-17(24(31)34-4)10-16(2)28-20/h7-8,10-12,14-15,26H,5-6,9,13H2,1-4H3/t15-/m1/s1. The van der Waals surface area contributed by atoms with Gasteiger partial charge in [-0.3, -0.25) is 15.1 Å². The van der Waals surface area contributed by atoms with Gasteiger partial charge in [0.15, 0.2) is 0 Å². The van der Waals surface area contributed by atoms with E-state index in [2.05, 4.69) is 38.3 Å². The van der Waals surface area contributed by atoms with E-state index in [1.807, 2.05) is 6.92 Å². The fraction of sp³-hybridized carbons (Fsp3) is 0.375. The van der Waals surface area contributed by atoms with E-state index in [9.17, 15) is 14.9 Å². The molecule has 2 heterocycles. The highest BCUT2D eigenvalue weighted by Gasteiger charge is 2.18. The summed E-state index contributed by atoms with van der Waals surface area (Å²) in [5.74, 6) is 0.401. The van der Waals surface area contributed by atoms with E-state index in [4.69, 9.17) is 9.47 Å². The lowest BCUT2D eigenvalue weighted by Crippen LogP contribution is -2.14. The van der Waals surface area contributed by atoms with Crippen LogP contribution in [0.5, 0.6) is 5.88 Å². The van der Waals surface area contributed by atoms with Gasteiger partial charge in [0.25, 0.3) is 5.69 Å². The van der Waals surface area contributed by atoms with E-state index in [0.29, 0.717) is 47.2 Å². The minimum absolute atomic E-state index is 0.0487. The van der Waals surface area contributed by atoms with Gasteiger partial charge in [0.2, 0.25) is 5.88 Å². The number of rotatable bonds is 11. The number of pyridine rings is 1. The molecule has 3 rings (SSSR count). The van der Waals surface area contributed by atoms with Crippen LogP contribution in [0, 0.1) is 23.0 Å². The molecule has 0 radical (unpaired) electrons. The highest BCUT2D eigenvalue weighted by molar-refractivity contribution is 9.10. The fourth-order valence-corrected chi connectivity index (χ4v) is 3.97. The first-order chi connectivity index (χ1) is 16.7. The summed E-state index contributed by atoms with van der Waals surface area (Å²) in [5, 5.41) is 18.7. The summed E-state index contributed by atoms with van der Waals surface area (Å²) in [6, 6.07) is 8.18. The van der Waals surface area contributed by atoms with Crippen molar-refractivity contribution in [1.29, 1.82) is 0 Å². The lowest BCUT2D eigenvalue weighted by atomic mass is 10.1. The zero-order valence-electron chi connectivity index (χ0n) is 20.1. The number of halogens is 1. The first-order valence-corrected chi connectivity index (χ1v) is 11.9. The number of benzene rings is 1. The Hall–Kier alpha value is -3.47. The molecule has 0 saturated carbocycles. The number of carbonyl (C=O) groups excluding carboxylic acids is 1. The van der Waals surface area contributed by atoms with Gasteiger partial charge in [0.05, 0.1) is 41.7 Å². The Balaban J connectivity index is 1.57. The van der Waals surface area contributed by atoms with Crippen LogP contribution in [0.15, 0.2) is 41.0 Å². The SMILES string of the molecule is COC(=O)c1cc(C)nc(-c2cnn(C)c2OCCC[C@@H](C)CNc2cc(Br)ccc2[N+](=O)[O-])c1. The topological polar surface area (TPSA) is 121 Å². The maximum Gasteiger partial charge on any atom is 0.337 e. The Morgan fingerprint density at radius 3 is 2.80 bits per heavy atom. The largest absolute Gasteiger partial charge is 0.477 e. The molecule has 0 spiro atoms. The number of aryl methyl sites for hydroxylation is 2. The number of nitro benzene ring substituents is 1. The predicted octanol–water partition coefficient (Wildman–Crippen LogP) is 5.16. The zero-order chi connectivity index (χ0) is 25.5. The van der Waals surface area contributed by atoms with Crippen molar-refractivity contribution >= 4 is 33.3 Å². The van der Waals surface area contributed by atoms with Crippen molar-refractivity contribution in [2.24, 2.45) is 13.0 Å². The second-order valence-corrected chi connectivity index (χ2v) is 9.17. The van der Waals surface area contributed by atoms with Crippen LogP contribution in [-0.4, -0.2) is 45.9 Å². The van der Waals surface area contributed by atoms with Crippen molar-refractivity contribution in [3.63, 3.8) is 0 Å². The molecule has 0 aliphatic heterocycles. The second kappa shape index (κ2) is 11.8. The average Bonchev–Trinajstić information content (AvgIpc) is 3.19. The number of ether oxygens (including phenoxy) is 2. The van der Waals surface area contributed by atoms with Crippen LogP contribution >= 0.6 is 15.9 Å². The number of anilines is 1. The molecule has 3 aromatic rings. The Bertz CT molecular complexity index is 1210. The van der Waals surface area contributed by atoms with E-state index in [0.717, 1.165) is 17.3 Å². The van der Waals surface area contributed by atoms with Crippen LogP contribution in [0.4, 0.5) is 11.4 Å². The molecule has 186 valence electrons. The number of nitrogens with zero attached hydrogens (tertiary/aromatic N) is 4. The summed E-state index contributed by atoms with van der Waals surface area (Å²) < 4.78 is 13.3. The van der Waals surface area contributed by atoms with Crippen molar-refractivity contribution in [3.05, 3.63) is 62.4 Å². The maximum absolute atomic E-state index is 12.0. The summed E-state index contributed by atoms with van der Waals surface area (Å²) in [6.45, 7) is 4.95. The van der Waals surface area contributed by atoms with E-state index < -0.39 is 10.9 Å². The van der Waals surface area contributed by atoms with Crippen LogP contribution in [0.3, 0.4) is 0 Å². The number of hydrogen-bond donors (Lipinski definition) is 1. The van der Waals surface area contributed by atoms with Gasteiger partial charge in [-0.05, 0) is 49.9 Å². The molecule has 0 fully saturated rings. The summed E-state index contributed by atoms with van der Waals surface area (Å²) in [6.07, 6.45) is 3.30. The fourth-order valence-electron chi connectivity index (χ4n) is 3.61. The van der Waals surface area contributed by atoms with Crippen LogP contribution in [0.2, 0.25) is 0 Å². The Morgan fingerprint density at radius 1 is 1.31 bits per heavy atom. The van der Waals surface area contributed by atoms with Crippen molar-refractivity contribution in [2.45, 2.75) is 26.7 Å². The third-order valence-electron chi connectivity index (χ3n) is 5.41. The normalized spacial score (nSPS) is 11.7. The number of nitrogens with one attached hydrogen (secondary N) is 1. The van der Waals surface area contributed by atoms with Crippen molar-refractivity contribution < 1.29 is 19.2 Å². The van der Waals surface area contributed by atoms with Gasteiger partial charge in [0, 0.05) is 29.8 Å². The molecule has 1 atom stereocenters. The Labute approximate surface area is 211 Å². The Morgan fingerprint density at radius 2 is 2.09 bits per heavy atom. The number of aromatic nitrogens is 3. The maximum atomic E-state index is 12.0. The first-order valence-electron chi connectivity index (χ1n) is 11.1.